The Morgan fingerprint density at radius 1 is 0.966 bits per heavy atom. The monoisotopic (exact) mass is 417 g/mol. The lowest BCUT2D eigenvalue weighted by Crippen LogP contribution is -2.27. The first-order chi connectivity index (χ1) is 14.1. The van der Waals surface area contributed by atoms with Crippen molar-refractivity contribution < 1.29 is 9.53 Å². The van der Waals surface area contributed by atoms with Gasteiger partial charge < -0.3 is 4.74 Å². The number of aryl methyl sites for hydroxylation is 1. The molecule has 0 bridgehead atoms. The SMILES string of the molecule is Cc1ccccc1COc1ccccc1C=C1SC(=S)N(c2ccccc2)C1=O. The topological polar surface area (TPSA) is 29.5 Å². The first-order valence-electron chi connectivity index (χ1n) is 9.23. The maximum absolute atomic E-state index is 13.0. The molecule has 0 aliphatic carbocycles. The zero-order valence-electron chi connectivity index (χ0n) is 15.9. The Morgan fingerprint density at radius 2 is 1.66 bits per heavy atom. The molecular formula is C24H19NO2S2. The lowest BCUT2D eigenvalue weighted by molar-refractivity contribution is -0.113. The van der Waals surface area contributed by atoms with Crippen LogP contribution in [0.15, 0.2) is 83.8 Å². The van der Waals surface area contributed by atoms with Crippen molar-refractivity contribution in [3.8, 4) is 5.75 Å². The van der Waals surface area contributed by atoms with Crippen molar-refractivity contribution in [1.82, 2.24) is 0 Å². The number of carbonyl (C=O) groups is 1. The molecule has 0 unspecified atom stereocenters. The average Bonchev–Trinajstić information content (AvgIpc) is 3.02. The van der Waals surface area contributed by atoms with Gasteiger partial charge >= 0.3 is 0 Å². The molecule has 0 spiro atoms. The summed E-state index contributed by atoms with van der Waals surface area (Å²) in [5, 5.41) is 0. The second kappa shape index (κ2) is 8.64. The smallest absolute Gasteiger partial charge is 0.270 e. The molecule has 1 fully saturated rings. The van der Waals surface area contributed by atoms with Gasteiger partial charge in [-0.1, -0.05) is 84.6 Å². The summed E-state index contributed by atoms with van der Waals surface area (Å²) < 4.78 is 6.61. The number of hydrogen-bond acceptors (Lipinski definition) is 4. The quantitative estimate of drug-likeness (QED) is 0.377. The number of carbonyl (C=O) groups excluding carboxylic acids is 1. The first kappa shape index (κ1) is 19.4. The number of benzene rings is 3. The third-order valence-corrected chi connectivity index (χ3v) is 5.96. The fraction of sp³-hybridized carbons (Fsp3) is 0.0833. The number of para-hydroxylation sites is 2. The van der Waals surface area contributed by atoms with Gasteiger partial charge in [0.25, 0.3) is 5.91 Å². The maximum atomic E-state index is 13.0. The number of thiocarbonyl (C=S) groups is 1. The van der Waals surface area contributed by atoms with Crippen LogP contribution >= 0.6 is 24.0 Å². The van der Waals surface area contributed by atoms with E-state index in [1.54, 1.807) is 4.90 Å². The lowest BCUT2D eigenvalue weighted by atomic mass is 10.1. The molecule has 0 atom stereocenters. The predicted octanol–water partition coefficient (Wildman–Crippen LogP) is 5.98. The predicted molar refractivity (Wildman–Crippen MR) is 124 cm³/mol. The molecule has 3 aromatic carbocycles. The van der Waals surface area contributed by atoms with Gasteiger partial charge in [0.15, 0.2) is 4.32 Å². The highest BCUT2D eigenvalue weighted by Gasteiger charge is 2.33. The van der Waals surface area contributed by atoms with Gasteiger partial charge in [-0.25, -0.2) is 0 Å². The fourth-order valence-electron chi connectivity index (χ4n) is 3.07. The molecule has 1 amide bonds. The van der Waals surface area contributed by atoms with Gasteiger partial charge in [-0.05, 0) is 42.3 Å². The first-order valence-corrected chi connectivity index (χ1v) is 10.5. The fourth-order valence-corrected chi connectivity index (χ4v) is 4.36. The van der Waals surface area contributed by atoms with Crippen molar-refractivity contribution in [1.29, 1.82) is 0 Å². The standard InChI is InChI=1S/C24H19NO2S2/c1-17-9-5-6-11-19(17)16-27-21-14-8-7-10-18(21)15-22-23(26)25(24(28)29-22)20-12-3-2-4-13-20/h2-15H,16H2,1H3. The molecule has 144 valence electrons. The highest BCUT2D eigenvalue weighted by atomic mass is 32.2. The second-order valence-electron chi connectivity index (χ2n) is 6.61. The molecule has 1 aliphatic rings. The second-order valence-corrected chi connectivity index (χ2v) is 8.28. The summed E-state index contributed by atoms with van der Waals surface area (Å²) in [6.07, 6.45) is 1.86. The Morgan fingerprint density at radius 3 is 2.45 bits per heavy atom. The zero-order valence-corrected chi connectivity index (χ0v) is 17.5. The highest BCUT2D eigenvalue weighted by Crippen LogP contribution is 2.37. The summed E-state index contributed by atoms with van der Waals surface area (Å²) in [6, 6.07) is 25.3. The third kappa shape index (κ3) is 4.26. The van der Waals surface area contributed by atoms with Gasteiger partial charge in [0.1, 0.15) is 12.4 Å². The van der Waals surface area contributed by atoms with Crippen LogP contribution in [0.4, 0.5) is 5.69 Å². The summed E-state index contributed by atoms with van der Waals surface area (Å²) in [4.78, 5) is 15.1. The molecule has 1 aliphatic heterocycles. The van der Waals surface area contributed by atoms with Crippen molar-refractivity contribution in [2.75, 3.05) is 4.90 Å². The molecule has 29 heavy (non-hydrogen) atoms. The van der Waals surface area contributed by atoms with Crippen LogP contribution in [0.25, 0.3) is 6.08 Å². The summed E-state index contributed by atoms with van der Waals surface area (Å²) in [5.41, 5.74) is 3.96. The Kier molecular flexibility index (Phi) is 5.79. The minimum Gasteiger partial charge on any atom is -0.488 e. The van der Waals surface area contributed by atoms with Gasteiger partial charge in [-0.2, -0.15) is 0 Å². The largest absolute Gasteiger partial charge is 0.488 e. The average molecular weight is 418 g/mol. The van der Waals surface area contributed by atoms with Crippen LogP contribution < -0.4 is 9.64 Å². The summed E-state index contributed by atoms with van der Waals surface area (Å²) >= 11 is 6.76. The number of anilines is 1. The molecule has 3 nitrogen and oxygen atoms in total. The van der Waals surface area contributed by atoms with Gasteiger partial charge in [0.2, 0.25) is 0 Å². The van der Waals surface area contributed by atoms with Crippen molar-refractivity contribution in [2.24, 2.45) is 0 Å². The van der Waals surface area contributed by atoms with E-state index < -0.39 is 0 Å². The Hall–Kier alpha value is -2.89. The van der Waals surface area contributed by atoms with Crippen LogP contribution in [0.5, 0.6) is 5.75 Å². The van der Waals surface area contributed by atoms with Crippen LogP contribution in [-0.4, -0.2) is 10.2 Å². The molecule has 0 saturated carbocycles. The van der Waals surface area contributed by atoms with Gasteiger partial charge in [-0.3, -0.25) is 9.69 Å². The molecular weight excluding hydrogens is 398 g/mol. The number of thioether (sulfide) groups is 1. The van der Waals surface area contributed by atoms with Crippen LogP contribution in [0.2, 0.25) is 0 Å². The minimum atomic E-state index is -0.111. The number of hydrogen-bond donors (Lipinski definition) is 0. The third-order valence-electron chi connectivity index (χ3n) is 4.66. The van der Waals surface area contributed by atoms with Gasteiger partial charge in [-0.15, -0.1) is 0 Å². The number of amides is 1. The van der Waals surface area contributed by atoms with Crippen molar-refractivity contribution in [2.45, 2.75) is 13.5 Å². The number of ether oxygens (including phenoxy) is 1. The molecule has 5 heteroatoms. The van der Waals surface area contributed by atoms with E-state index in [9.17, 15) is 4.79 Å². The van der Waals surface area contributed by atoms with Crippen molar-refractivity contribution >= 4 is 46.0 Å². The van der Waals surface area contributed by atoms with Gasteiger partial charge in [0, 0.05) is 5.56 Å². The number of nitrogens with zero attached hydrogens (tertiary/aromatic N) is 1. The van der Waals surface area contributed by atoms with E-state index in [1.807, 2.05) is 72.8 Å². The molecule has 4 rings (SSSR count). The van der Waals surface area contributed by atoms with Crippen molar-refractivity contribution in [3.63, 3.8) is 0 Å². The van der Waals surface area contributed by atoms with Crippen molar-refractivity contribution in [3.05, 3.63) is 100 Å². The molecule has 1 saturated heterocycles. The minimum absolute atomic E-state index is 0.111. The van der Waals surface area contributed by atoms with E-state index in [-0.39, 0.29) is 5.91 Å². The van der Waals surface area contributed by atoms with E-state index in [1.165, 1.54) is 17.3 Å². The Labute approximate surface area is 180 Å². The molecule has 0 aromatic heterocycles. The van der Waals surface area contributed by atoms with E-state index in [2.05, 4.69) is 19.1 Å². The van der Waals surface area contributed by atoms with E-state index in [0.717, 1.165) is 22.6 Å². The van der Waals surface area contributed by atoms with Crippen LogP contribution in [0.3, 0.4) is 0 Å². The molecule has 0 radical (unpaired) electrons. The Bertz CT molecular complexity index is 1090. The van der Waals surface area contributed by atoms with Gasteiger partial charge in [0.05, 0.1) is 10.6 Å². The Balaban J connectivity index is 1.58. The van der Waals surface area contributed by atoms with Crippen LogP contribution in [-0.2, 0) is 11.4 Å². The lowest BCUT2D eigenvalue weighted by Gasteiger charge is -2.14. The normalized spacial score (nSPS) is 15.2. The highest BCUT2D eigenvalue weighted by molar-refractivity contribution is 8.27. The van der Waals surface area contributed by atoms with Crippen LogP contribution in [0.1, 0.15) is 16.7 Å². The maximum Gasteiger partial charge on any atom is 0.270 e. The summed E-state index contributed by atoms with van der Waals surface area (Å²) in [6.45, 7) is 2.54. The molecule has 1 heterocycles. The summed E-state index contributed by atoms with van der Waals surface area (Å²) in [7, 11) is 0. The zero-order chi connectivity index (χ0) is 20.2. The van der Waals surface area contributed by atoms with Crippen LogP contribution in [0, 0.1) is 6.92 Å². The van der Waals surface area contributed by atoms with E-state index in [4.69, 9.17) is 17.0 Å². The molecule has 3 aromatic rings. The number of rotatable bonds is 5. The van der Waals surface area contributed by atoms with E-state index >= 15 is 0 Å². The van der Waals surface area contributed by atoms with E-state index in [0.29, 0.717) is 15.8 Å². The molecule has 0 N–H and O–H groups in total. The summed E-state index contributed by atoms with van der Waals surface area (Å²) in [5.74, 6) is 0.626.